The fourth-order valence-electron chi connectivity index (χ4n) is 8.12. The molecule has 4 aliphatic heterocycles. The van der Waals surface area contributed by atoms with Crippen LogP contribution in [0.5, 0.6) is 0 Å². The van der Waals surface area contributed by atoms with E-state index in [2.05, 4.69) is 77.2 Å². The lowest BCUT2D eigenvalue weighted by molar-refractivity contribution is -0.186. The van der Waals surface area contributed by atoms with Crippen LogP contribution >= 0.6 is 0 Å². The van der Waals surface area contributed by atoms with Crippen molar-refractivity contribution in [1.82, 2.24) is 46.5 Å². The molecule has 4 aliphatic rings. The maximum absolute atomic E-state index is 12.2. The lowest BCUT2D eigenvalue weighted by Crippen LogP contribution is -2.49. The Balaban J connectivity index is 0.000000454. The van der Waals surface area contributed by atoms with Gasteiger partial charge >= 0.3 is 11.9 Å². The smallest absolute Gasteiger partial charge is 0.334 e. The van der Waals surface area contributed by atoms with Gasteiger partial charge in [-0.3, -0.25) is 43.4 Å². The third kappa shape index (κ3) is 21.9. The maximum Gasteiger partial charge on any atom is 0.334 e. The first kappa shape index (κ1) is 57.8. The van der Waals surface area contributed by atoms with Crippen molar-refractivity contribution in [2.45, 2.75) is 175 Å². The van der Waals surface area contributed by atoms with Gasteiger partial charge in [0, 0.05) is 95.4 Å². The number of amides is 7. The molecule has 0 radical (unpaired) electrons. The molecule has 0 aromatic heterocycles. The Morgan fingerprint density at radius 3 is 1.19 bits per heavy atom. The lowest BCUT2D eigenvalue weighted by atomic mass is 9.97. The minimum absolute atomic E-state index is 0. The SMILES string of the molecule is C.C=C1CCC(=O)N1OC(=O)CCCCCNC(=O)CCNC(=O)CN1C(C)CCCC1C.C=C1CCC(=O)N1OC(=O)CCNC(=O)CCNC(=O)CCNC(=O)CN1C(C)CCCC1C. The van der Waals surface area contributed by atoms with Gasteiger partial charge in [0.2, 0.25) is 29.5 Å². The molecule has 4 saturated heterocycles. The Morgan fingerprint density at radius 2 is 0.821 bits per heavy atom. The van der Waals surface area contributed by atoms with Gasteiger partial charge in [-0.25, -0.2) is 9.59 Å². The van der Waals surface area contributed by atoms with E-state index in [1.807, 2.05) is 0 Å². The average Bonchev–Trinajstić information content (AvgIpc) is 3.75. The number of hydrogen-bond donors (Lipinski definition) is 5. The number of carbonyl (C=O) groups excluding carboxylic acids is 9. The van der Waals surface area contributed by atoms with Gasteiger partial charge in [-0.2, -0.15) is 0 Å². The molecule has 5 N–H and O–H groups in total. The highest BCUT2D eigenvalue weighted by molar-refractivity contribution is 5.84. The molecule has 0 aromatic rings. The number of unbranched alkanes of at least 4 members (excludes halogenated alkanes) is 2. The van der Waals surface area contributed by atoms with Crippen LogP contribution in [0.4, 0.5) is 0 Å². The van der Waals surface area contributed by atoms with Gasteiger partial charge < -0.3 is 36.3 Å². The van der Waals surface area contributed by atoms with Crippen molar-refractivity contribution >= 4 is 53.3 Å². The fraction of sp³-hybridized carbons (Fsp3) is 0.723. The predicted molar refractivity (Wildman–Crippen MR) is 250 cm³/mol. The molecule has 0 aliphatic carbocycles. The molecular formula is C47H79N9O11. The molecular weight excluding hydrogens is 867 g/mol. The highest BCUT2D eigenvalue weighted by Crippen LogP contribution is 2.24. The zero-order valence-corrected chi connectivity index (χ0v) is 39.7. The van der Waals surface area contributed by atoms with Gasteiger partial charge in [0.25, 0.3) is 11.8 Å². The van der Waals surface area contributed by atoms with Crippen LogP contribution in [0.25, 0.3) is 0 Å². The first-order chi connectivity index (χ1) is 31.4. The first-order valence-electron chi connectivity index (χ1n) is 23.7. The maximum atomic E-state index is 12.2. The number of carbonyl (C=O) groups is 9. The quantitative estimate of drug-likeness (QED) is 0.0876. The molecule has 20 nitrogen and oxygen atoms in total. The molecule has 7 amide bonds. The van der Waals surface area contributed by atoms with Crippen LogP contribution in [0, 0.1) is 0 Å². The van der Waals surface area contributed by atoms with Gasteiger partial charge in [0.05, 0.1) is 30.9 Å². The van der Waals surface area contributed by atoms with E-state index >= 15 is 0 Å². The Hall–Kier alpha value is -5.37. The lowest BCUT2D eigenvalue weighted by Gasteiger charge is -2.38. The molecule has 0 aromatic carbocycles. The van der Waals surface area contributed by atoms with Crippen molar-refractivity contribution in [2.24, 2.45) is 0 Å². The zero-order valence-electron chi connectivity index (χ0n) is 39.7. The topological polar surface area (TPSA) is 245 Å². The minimum atomic E-state index is -0.642. The van der Waals surface area contributed by atoms with Crippen LogP contribution in [-0.2, 0) is 52.8 Å². The highest BCUT2D eigenvalue weighted by Gasteiger charge is 2.30. The summed E-state index contributed by atoms with van der Waals surface area (Å²) >= 11 is 0. The number of nitrogens with one attached hydrogen (secondary N) is 5. The number of likely N-dealkylation sites (tertiary alicyclic amines) is 2. The van der Waals surface area contributed by atoms with E-state index in [1.165, 1.54) is 12.8 Å². The molecule has 67 heavy (non-hydrogen) atoms. The molecule has 378 valence electrons. The van der Waals surface area contributed by atoms with E-state index in [4.69, 9.17) is 9.68 Å². The van der Waals surface area contributed by atoms with Crippen molar-refractivity contribution in [3.05, 3.63) is 24.6 Å². The number of allylic oxidation sites excluding steroid dienone is 2. The van der Waals surface area contributed by atoms with Crippen LogP contribution in [0.2, 0.25) is 0 Å². The van der Waals surface area contributed by atoms with Gasteiger partial charge in [0.1, 0.15) is 0 Å². The first-order valence-corrected chi connectivity index (χ1v) is 23.7. The highest BCUT2D eigenvalue weighted by atomic mass is 16.7. The van der Waals surface area contributed by atoms with Gasteiger partial charge in [0.15, 0.2) is 0 Å². The summed E-state index contributed by atoms with van der Waals surface area (Å²) in [6, 6.07) is 1.58. The molecule has 20 heteroatoms. The van der Waals surface area contributed by atoms with Crippen molar-refractivity contribution < 1.29 is 52.8 Å². The standard InChI is InChI=1S/C23H37N5O6.C23H38N4O5.CH4/c1-16-5-4-6-17(2)27(16)15-21(31)26-13-10-19(29)24-12-9-20(30)25-14-11-23(33)34-28-18(3)7-8-22(28)32;1-17-8-7-9-18(2)26(17)16-21(29)25-15-13-20(28)24-14-6-4-5-10-23(31)32-27-19(3)11-12-22(27)30;/h16-17H,3-15H2,1-2H3,(H,24,29)(H,25,30)(H,26,31);17-18H,3-16H2,1-2H3,(H,24,28)(H,25,29);1H4. The molecule has 4 fully saturated rings. The Morgan fingerprint density at radius 1 is 0.478 bits per heavy atom. The molecule has 4 heterocycles. The number of nitrogens with zero attached hydrogens (tertiary/aromatic N) is 4. The van der Waals surface area contributed by atoms with Gasteiger partial charge in [-0.1, -0.05) is 39.8 Å². The molecule has 4 atom stereocenters. The molecule has 0 saturated carbocycles. The number of rotatable bonds is 24. The second kappa shape index (κ2) is 30.8. The van der Waals surface area contributed by atoms with Crippen LogP contribution in [0.3, 0.4) is 0 Å². The van der Waals surface area contributed by atoms with E-state index < -0.39 is 11.9 Å². The van der Waals surface area contributed by atoms with Crippen molar-refractivity contribution in [2.75, 3.05) is 45.8 Å². The van der Waals surface area contributed by atoms with Gasteiger partial charge in [-0.05, 0) is 79.1 Å². The Kier molecular flexibility index (Phi) is 26.6. The number of hydrogen-bond acceptors (Lipinski definition) is 13. The van der Waals surface area contributed by atoms with Crippen molar-refractivity contribution in [3.63, 3.8) is 0 Å². The van der Waals surface area contributed by atoms with Crippen LogP contribution < -0.4 is 26.6 Å². The summed E-state index contributed by atoms with van der Waals surface area (Å²) in [5.74, 6) is -2.46. The summed E-state index contributed by atoms with van der Waals surface area (Å²) in [7, 11) is 0. The zero-order chi connectivity index (χ0) is 48.6. The Labute approximate surface area is 397 Å². The average molecular weight is 946 g/mol. The van der Waals surface area contributed by atoms with Crippen LogP contribution in [-0.4, -0.2) is 143 Å². The van der Waals surface area contributed by atoms with E-state index in [0.717, 1.165) is 48.7 Å². The van der Waals surface area contributed by atoms with E-state index in [1.54, 1.807) is 0 Å². The second-order valence-corrected chi connectivity index (χ2v) is 17.6. The predicted octanol–water partition coefficient (Wildman–Crippen LogP) is 3.03. The van der Waals surface area contributed by atoms with E-state index in [-0.39, 0.29) is 107 Å². The molecule has 0 spiro atoms. The minimum Gasteiger partial charge on any atom is -0.356 e. The molecule has 4 rings (SSSR count). The third-order valence-electron chi connectivity index (χ3n) is 12.1. The van der Waals surface area contributed by atoms with E-state index in [9.17, 15) is 43.2 Å². The summed E-state index contributed by atoms with van der Waals surface area (Å²) in [5, 5.41) is 15.5. The summed E-state index contributed by atoms with van der Waals surface area (Å²) in [5.41, 5.74) is 0.946. The van der Waals surface area contributed by atoms with Crippen molar-refractivity contribution in [3.8, 4) is 0 Å². The largest absolute Gasteiger partial charge is 0.356 e. The van der Waals surface area contributed by atoms with Crippen LogP contribution in [0.15, 0.2) is 24.6 Å². The number of piperidine rings is 2. The monoisotopic (exact) mass is 946 g/mol. The van der Waals surface area contributed by atoms with Crippen LogP contribution in [0.1, 0.15) is 151 Å². The summed E-state index contributed by atoms with van der Waals surface area (Å²) in [6.07, 6.45) is 11.0. The van der Waals surface area contributed by atoms with E-state index in [0.29, 0.717) is 87.4 Å². The normalized spacial score (nSPS) is 20.8. The summed E-state index contributed by atoms with van der Waals surface area (Å²) < 4.78 is 0. The van der Waals surface area contributed by atoms with Crippen molar-refractivity contribution in [1.29, 1.82) is 0 Å². The molecule has 4 unspecified atom stereocenters. The Bertz CT molecular complexity index is 1670. The van der Waals surface area contributed by atoms with Gasteiger partial charge in [-0.15, -0.1) is 10.1 Å². The second-order valence-electron chi connectivity index (χ2n) is 17.6. The summed E-state index contributed by atoms with van der Waals surface area (Å²) in [6.45, 7) is 17.9. The molecule has 0 bridgehead atoms. The summed E-state index contributed by atoms with van der Waals surface area (Å²) in [4.78, 5) is 121. The number of hydroxylamine groups is 4. The fourth-order valence-corrected chi connectivity index (χ4v) is 8.12. The third-order valence-corrected chi connectivity index (χ3v) is 12.1.